The van der Waals surface area contributed by atoms with Gasteiger partial charge in [-0.05, 0) is 67.6 Å². The Labute approximate surface area is 152 Å². The van der Waals surface area contributed by atoms with Crippen molar-refractivity contribution >= 4 is 5.69 Å². The maximum atomic E-state index is 6.33. The van der Waals surface area contributed by atoms with Crippen LogP contribution < -0.4 is 16.6 Å². The summed E-state index contributed by atoms with van der Waals surface area (Å²) in [5.41, 5.74) is 9.49. The molecule has 0 spiro atoms. The van der Waals surface area contributed by atoms with E-state index in [0.29, 0.717) is 5.92 Å². The molecule has 0 aliphatic heterocycles. The molecular formula is C21H34N4. The van der Waals surface area contributed by atoms with Gasteiger partial charge in [0.25, 0.3) is 0 Å². The van der Waals surface area contributed by atoms with E-state index in [9.17, 15) is 0 Å². The first-order valence-corrected chi connectivity index (χ1v) is 9.87. The predicted molar refractivity (Wildman–Crippen MR) is 106 cm³/mol. The highest BCUT2D eigenvalue weighted by Crippen LogP contribution is 2.33. The van der Waals surface area contributed by atoms with Gasteiger partial charge >= 0.3 is 0 Å². The van der Waals surface area contributed by atoms with E-state index >= 15 is 0 Å². The first kappa shape index (κ1) is 18.3. The molecule has 2 aliphatic carbocycles. The molecule has 2 saturated carbocycles. The normalized spacial score (nSPS) is 19.3. The number of nitrogens with two attached hydrogens (primary N) is 2. The van der Waals surface area contributed by atoms with E-state index in [0.717, 1.165) is 36.2 Å². The molecule has 1 aromatic carbocycles. The molecule has 4 N–H and O–H groups in total. The van der Waals surface area contributed by atoms with E-state index in [2.05, 4.69) is 36.9 Å². The molecule has 2 aliphatic rings. The summed E-state index contributed by atoms with van der Waals surface area (Å²) in [4.78, 5) is 2.53. The highest BCUT2D eigenvalue weighted by Gasteiger charge is 2.29. The highest BCUT2D eigenvalue weighted by molar-refractivity contribution is 5.50. The predicted octanol–water partition coefficient (Wildman–Crippen LogP) is 3.80. The largest absolute Gasteiger partial charge is 0.400 e. The SMILES string of the molecule is CCC(C)c1cccc(N(N)/C=C(\N)CN(CC2CC2)CC2CC2)c1. The lowest BCUT2D eigenvalue weighted by molar-refractivity contribution is 0.272. The lowest BCUT2D eigenvalue weighted by atomic mass is 9.98. The summed E-state index contributed by atoms with van der Waals surface area (Å²) in [6.45, 7) is 7.67. The Balaban J connectivity index is 1.61. The van der Waals surface area contributed by atoms with Crippen LogP contribution in [-0.2, 0) is 0 Å². The fourth-order valence-corrected chi connectivity index (χ4v) is 3.31. The average molecular weight is 343 g/mol. The van der Waals surface area contributed by atoms with Crippen molar-refractivity contribution in [2.24, 2.45) is 23.4 Å². The van der Waals surface area contributed by atoms with Gasteiger partial charge in [-0.3, -0.25) is 9.91 Å². The molecule has 2 fully saturated rings. The number of hydrazine groups is 1. The second-order valence-electron chi connectivity index (χ2n) is 8.10. The number of anilines is 1. The number of hydrogen-bond acceptors (Lipinski definition) is 4. The van der Waals surface area contributed by atoms with Crippen LogP contribution in [0, 0.1) is 11.8 Å². The molecule has 3 rings (SSSR count). The average Bonchev–Trinajstić information content (AvgIpc) is 3.51. The molecule has 0 amide bonds. The van der Waals surface area contributed by atoms with Gasteiger partial charge < -0.3 is 5.73 Å². The molecule has 138 valence electrons. The minimum atomic E-state index is 0.544. The number of hydrogen-bond donors (Lipinski definition) is 2. The van der Waals surface area contributed by atoms with Crippen LogP contribution in [0.15, 0.2) is 36.2 Å². The molecule has 1 unspecified atom stereocenters. The van der Waals surface area contributed by atoms with Crippen molar-refractivity contribution in [3.63, 3.8) is 0 Å². The third-order valence-corrected chi connectivity index (χ3v) is 5.49. The molecule has 4 nitrogen and oxygen atoms in total. The molecule has 0 aromatic heterocycles. The zero-order valence-corrected chi connectivity index (χ0v) is 15.8. The van der Waals surface area contributed by atoms with Crippen molar-refractivity contribution in [3.05, 3.63) is 41.7 Å². The summed E-state index contributed by atoms with van der Waals surface area (Å²) >= 11 is 0. The Morgan fingerprint density at radius 3 is 2.40 bits per heavy atom. The lowest BCUT2D eigenvalue weighted by Gasteiger charge is -2.23. The van der Waals surface area contributed by atoms with Crippen LogP contribution >= 0.6 is 0 Å². The Morgan fingerprint density at radius 2 is 1.84 bits per heavy atom. The second kappa shape index (κ2) is 8.24. The van der Waals surface area contributed by atoms with Gasteiger partial charge in [-0.25, -0.2) is 5.84 Å². The zero-order chi connectivity index (χ0) is 17.8. The van der Waals surface area contributed by atoms with Crippen molar-refractivity contribution in [1.29, 1.82) is 0 Å². The third kappa shape index (κ3) is 5.75. The summed E-state index contributed by atoms with van der Waals surface area (Å²) < 4.78 is 0. The minimum absolute atomic E-state index is 0.544. The van der Waals surface area contributed by atoms with Gasteiger partial charge in [0.1, 0.15) is 0 Å². The second-order valence-corrected chi connectivity index (χ2v) is 8.10. The first-order valence-electron chi connectivity index (χ1n) is 9.87. The Kier molecular flexibility index (Phi) is 6.02. The fourth-order valence-electron chi connectivity index (χ4n) is 3.31. The summed E-state index contributed by atoms with van der Waals surface area (Å²) in [7, 11) is 0. The van der Waals surface area contributed by atoms with Crippen molar-refractivity contribution in [3.8, 4) is 0 Å². The van der Waals surface area contributed by atoms with E-state index in [-0.39, 0.29) is 0 Å². The maximum Gasteiger partial charge on any atom is 0.0571 e. The molecule has 1 aromatic rings. The Bertz CT molecular complexity index is 575. The smallest absolute Gasteiger partial charge is 0.0571 e. The van der Waals surface area contributed by atoms with Gasteiger partial charge in [0.05, 0.1) is 5.69 Å². The molecule has 0 radical (unpaired) electrons. The van der Waals surface area contributed by atoms with Crippen LogP contribution in [0.3, 0.4) is 0 Å². The van der Waals surface area contributed by atoms with Crippen LogP contribution in [-0.4, -0.2) is 24.5 Å². The Morgan fingerprint density at radius 1 is 1.20 bits per heavy atom. The summed E-state index contributed by atoms with van der Waals surface area (Å²) in [5.74, 6) is 8.60. The monoisotopic (exact) mass is 342 g/mol. The number of rotatable bonds is 10. The fraction of sp³-hybridized carbons (Fsp3) is 0.619. The number of nitrogens with zero attached hydrogens (tertiary/aromatic N) is 2. The summed E-state index contributed by atoms with van der Waals surface area (Å²) in [5, 5.41) is 1.67. The third-order valence-electron chi connectivity index (χ3n) is 5.49. The lowest BCUT2D eigenvalue weighted by Crippen LogP contribution is -2.34. The van der Waals surface area contributed by atoms with E-state index < -0.39 is 0 Å². The molecule has 0 bridgehead atoms. The molecule has 25 heavy (non-hydrogen) atoms. The quantitative estimate of drug-likeness (QED) is 0.501. The summed E-state index contributed by atoms with van der Waals surface area (Å²) in [6, 6.07) is 8.46. The van der Waals surface area contributed by atoms with Gasteiger partial charge in [-0.2, -0.15) is 0 Å². The standard InChI is InChI=1S/C21H34N4/c1-3-16(2)19-5-4-6-21(11-19)25(23)15-20(22)14-24(12-17-7-8-17)13-18-9-10-18/h4-6,11,15-18H,3,7-10,12-14,22-23H2,1-2H3/b20-15-. The van der Waals surface area contributed by atoms with Crippen LogP contribution in [0.25, 0.3) is 0 Å². The topological polar surface area (TPSA) is 58.5 Å². The van der Waals surface area contributed by atoms with Crippen LogP contribution in [0.5, 0.6) is 0 Å². The van der Waals surface area contributed by atoms with Crippen LogP contribution in [0.4, 0.5) is 5.69 Å². The Hall–Kier alpha value is -1.52. The number of benzene rings is 1. The highest BCUT2D eigenvalue weighted by atomic mass is 15.4. The molecule has 4 heteroatoms. The van der Waals surface area contributed by atoms with E-state index in [1.165, 1.54) is 44.3 Å². The first-order chi connectivity index (χ1) is 12.0. The van der Waals surface area contributed by atoms with E-state index in [1.54, 1.807) is 5.01 Å². The van der Waals surface area contributed by atoms with Gasteiger partial charge in [0, 0.05) is 31.5 Å². The van der Waals surface area contributed by atoms with Crippen molar-refractivity contribution in [2.75, 3.05) is 24.6 Å². The summed E-state index contributed by atoms with van der Waals surface area (Å²) in [6.07, 6.45) is 8.56. The van der Waals surface area contributed by atoms with Gasteiger partial charge in [-0.1, -0.05) is 26.0 Å². The van der Waals surface area contributed by atoms with Gasteiger partial charge in [-0.15, -0.1) is 0 Å². The molecule has 0 saturated heterocycles. The van der Waals surface area contributed by atoms with Crippen molar-refractivity contribution in [2.45, 2.75) is 51.9 Å². The maximum absolute atomic E-state index is 6.33. The van der Waals surface area contributed by atoms with Crippen molar-refractivity contribution < 1.29 is 0 Å². The van der Waals surface area contributed by atoms with Crippen LogP contribution in [0.1, 0.15) is 57.4 Å². The molecular weight excluding hydrogens is 308 g/mol. The zero-order valence-electron chi connectivity index (χ0n) is 15.8. The van der Waals surface area contributed by atoms with E-state index in [4.69, 9.17) is 11.6 Å². The van der Waals surface area contributed by atoms with E-state index in [1.807, 2.05) is 12.3 Å². The van der Waals surface area contributed by atoms with Crippen molar-refractivity contribution in [1.82, 2.24) is 4.90 Å². The molecule has 0 heterocycles. The molecule has 1 atom stereocenters. The minimum Gasteiger partial charge on any atom is -0.400 e. The van der Waals surface area contributed by atoms with Gasteiger partial charge in [0.15, 0.2) is 0 Å². The van der Waals surface area contributed by atoms with Crippen LogP contribution in [0.2, 0.25) is 0 Å². The van der Waals surface area contributed by atoms with Gasteiger partial charge in [0.2, 0.25) is 0 Å².